The number of aromatic nitrogens is 3. The summed E-state index contributed by atoms with van der Waals surface area (Å²) in [6.07, 6.45) is 0. The van der Waals surface area contributed by atoms with E-state index in [1.54, 1.807) is 30.3 Å². The smallest absolute Gasteiger partial charge is 0.373 e. The fourth-order valence-corrected chi connectivity index (χ4v) is 1.17. The van der Waals surface area contributed by atoms with Crippen molar-refractivity contribution in [2.24, 2.45) is 0 Å². The topological polar surface area (TPSA) is 88.0 Å². The molecule has 0 aliphatic heterocycles. The number of aromatic carboxylic acids is 1. The van der Waals surface area contributed by atoms with E-state index < -0.39 is 11.7 Å². The van der Waals surface area contributed by atoms with Gasteiger partial charge in [-0.25, -0.2) is 9.59 Å². The number of carboxylic acids is 1. The number of carboxylic acid groups (broad SMARTS) is 1. The molecule has 76 valence electrons. The molecule has 2 N–H and O–H groups in total. The van der Waals surface area contributed by atoms with E-state index in [0.29, 0.717) is 5.69 Å². The molecule has 6 nitrogen and oxygen atoms in total. The number of hydrogen-bond acceptors (Lipinski definition) is 3. The molecule has 15 heavy (non-hydrogen) atoms. The number of nitrogens with zero attached hydrogens (tertiary/aromatic N) is 2. The summed E-state index contributed by atoms with van der Waals surface area (Å²) in [7, 11) is 0. The van der Waals surface area contributed by atoms with Gasteiger partial charge < -0.3 is 5.11 Å². The van der Waals surface area contributed by atoms with E-state index in [2.05, 4.69) is 10.1 Å². The van der Waals surface area contributed by atoms with Gasteiger partial charge in [0.1, 0.15) is 0 Å². The van der Waals surface area contributed by atoms with Crippen LogP contribution in [0.15, 0.2) is 35.1 Å². The van der Waals surface area contributed by atoms with Gasteiger partial charge in [-0.2, -0.15) is 4.68 Å². The molecule has 0 saturated heterocycles. The van der Waals surface area contributed by atoms with Crippen LogP contribution < -0.4 is 5.69 Å². The summed E-state index contributed by atoms with van der Waals surface area (Å²) in [5, 5.41) is 12.3. The molecule has 0 radical (unpaired) electrons. The van der Waals surface area contributed by atoms with Crippen LogP contribution >= 0.6 is 0 Å². The molecule has 0 fully saturated rings. The molecule has 0 saturated carbocycles. The highest BCUT2D eigenvalue weighted by atomic mass is 16.4. The van der Waals surface area contributed by atoms with Crippen molar-refractivity contribution >= 4 is 5.97 Å². The molecule has 6 heteroatoms. The van der Waals surface area contributed by atoms with Gasteiger partial charge >= 0.3 is 11.7 Å². The summed E-state index contributed by atoms with van der Waals surface area (Å²) < 4.78 is 1.00. The van der Waals surface area contributed by atoms with Crippen molar-refractivity contribution in [3.8, 4) is 5.69 Å². The zero-order valence-electron chi connectivity index (χ0n) is 7.54. The van der Waals surface area contributed by atoms with E-state index in [1.807, 2.05) is 0 Å². The predicted molar refractivity (Wildman–Crippen MR) is 51.1 cm³/mol. The average Bonchev–Trinajstić information content (AvgIpc) is 2.62. The van der Waals surface area contributed by atoms with Gasteiger partial charge in [0.15, 0.2) is 0 Å². The summed E-state index contributed by atoms with van der Waals surface area (Å²) in [6, 6.07) is 8.58. The summed E-state index contributed by atoms with van der Waals surface area (Å²) in [5.74, 6) is -1.63. The molecule has 1 heterocycles. The summed E-state index contributed by atoms with van der Waals surface area (Å²) in [4.78, 5) is 24.0. The lowest BCUT2D eigenvalue weighted by molar-refractivity contribution is 0.0683. The first-order valence-corrected chi connectivity index (χ1v) is 4.16. The van der Waals surface area contributed by atoms with Crippen LogP contribution in [0.3, 0.4) is 0 Å². The fraction of sp³-hybridized carbons (Fsp3) is 0. The lowest BCUT2D eigenvalue weighted by Gasteiger charge is -1.96. The maximum absolute atomic E-state index is 11.3. The van der Waals surface area contributed by atoms with Crippen molar-refractivity contribution in [1.82, 2.24) is 14.8 Å². The van der Waals surface area contributed by atoms with Crippen molar-refractivity contribution in [2.75, 3.05) is 0 Å². The van der Waals surface area contributed by atoms with Crippen molar-refractivity contribution in [3.05, 3.63) is 46.6 Å². The van der Waals surface area contributed by atoms with Crippen LogP contribution in [0.4, 0.5) is 0 Å². The Morgan fingerprint density at radius 2 is 2.00 bits per heavy atom. The molecular formula is C9H7N3O3. The lowest BCUT2D eigenvalue weighted by atomic mass is 10.3. The Morgan fingerprint density at radius 1 is 1.33 bits per heavy atom. The molecule has 0 amide bonds. The predicted octanol–water partition coefficient (Wildman–Crippen LogP) is 0.259. The number of para-hydroxylation sites is 1. The van der Waals surface area contributed by atoms with E-state index in [9.17, 15) is 9.59 Å². The second-order valence-corrected chi connectivity index (χ2v) is 2.83. The van der Waals surface area contributed by atoms with Crippen LogP contribution in [-0.4, -0.2) is 25.8 Å². The zero-order valence-corrected chi connectivity index (χ0v) is 7.54. The Kier molecular flexibility index (Phi) is 2.09. The van der Waals surface area contributed by atoms with Crippen LogP contribution in [0.25, 0.3) is 5.69 Å². The van der Waals surface area contributed by atoms with E-state index in [-0.39, 0.29) is 5.82 Å². The maximum Gasteiger partial charge on any atom is 0.373 e. The summed E-state index contributed by atoms with van der Waals surface area (Å²) >= 11 is 0. The third-order valence-corrected chi connectivity index (χ3v) is 1.82. The van der Waals surface area contributed by atoms with E-state index in [4.69, 9.17) is 5.11 Å². The minimum Gasteiger partial charge on any atom is -0.475 e. The molecule has 0 unspecified atom stereocenters. The van der Waals surface area contributed by atoms with E-state index in [1.165, 1.54) is 0 Å². The van der Waals surface area contributed by atoms with Crippen molar-refractivity contribution in [2.45, 2.75) is 0 Å². The Labute approximate surface area is 83.8 Å². The quantitative estimate of drug-likeness (QED) is 0.736. The summed E-state index contributed by atoms with van der Waals surface area (Å²) in [5.41, 5.74) is -0.0511. The number of hydrogen-bond donors (Lipinski definition) is 2. The SMILES string of the molecule is O=C(O)c1nn(-c2ccccc2)c(=O)[nH]1. The van der Waals surface area contributed by atoms with Gasteiger partial charge in [0.05, 0.1) is 5.69 Å². The first kappa shape index (κ1) is 9.20. The molecule has 0 bridgehead atoms. The Balaban J connectivity index is 2.55. The van der Waals surface area contributed by atoms with Gasteiger partial charge in [-0.1, -0.05) is 18.2 Å². The molecule has 2 aromatic rings. The number of H-pyrrole nitrogens is 1. The zero-order chi connectivity index (χ0) is 10.8. The molecule has 0 aliphatic rings. The molecule has 0 spiro atoms. The average molecular weight is 205 g/mol. The number of benzene rings is 1. The monoisotopic (exact) mass is 205 g/mol. The molecule has 2 rings (SSSR count). The minimum atomic E-state index is -1.26. The Morgan fingerprint density at radius 3 is 2.53 bits per heavy atom. The molecule has 1 aromatic heterocycles. The highest BCUT2D eigenvalue weighted by Gasteiger charge is 2.11. The standard InChI is InChI=1S/C9H7N3O3/c13-8(14)7-10-9(15)12(11-7)6-4-2-1-3-5-6/h1-5H,(H,13,14)(H,10,11,15). The first-order chi connectivity index (χ1) is 7.18. The highest BCUT2D eigenvalue weighted by Crippen LogP contribution is 2.01. The minimum absolute atomic E-state index is 0.371. The van der Waals surface area contributed by atoms with Gasteiger partial charge in [-0.15, -0.1) is 5.10 Å². The maximum atomic E-state index is 11.3. The van der Waals surface area contributed by atoms with Gasteiger partial charge in [-0.05, 0) is 12.1 Å². The third-order valence-electron chi connectivity index (χ3n) is 1.82. The van der Waals surface area contributed by atoms with Crippen molar-refractivity contribution in [3.63, 3.8) is 0 Å². The lowest BCUT2D eigenvalue weighted by Crippen LogP contribution is -2.15. The summed E-state index contributed by atoms with van der Waals surface area (Å²) in [6.45, 7) is 0. The van der Waals surface area contributed by atoms with Crippen molar-refractivity contribution < 1.29 is 9.90 Å². The largest absolute Gasteiger partial charge is 0.475 e. The molecule has 1 aromatic carbocycles. The van der Waals surface area contributed by atoms with Gasteiger partial charge in [0, 0.05) is 0 Å². The number of aromatic amines is 1. The van der Waals surface area contributed by atoms with Gasteiger partial charge in [0.2, 0.25) is 5.82 Å². The molecular weight excluding hydrogens is 198 g/mol. The Bertz CT molecular complexity index is 541. The van der Waals surface area contributed by atoms with Crippen LogP contribution in [0.1, 0.15) is 10.6 Å². The molecule has 0 aliphatic carbocycles. The second kappa shape index (κ2) is 3.41. The fourth-order valence-electron chi connectivity index (χ4n) is 1.17. The number of rotatable bonds is 2. The normalized spacial score (nSPS) is 10.1. The number of carbonyl (C=O) groups is 1. The second-order valence-electron chi connectivity index (χ2n) is 2.83. The Hall–Kier alpha value is -2.37. The van der Waals surface area contributed by atoms with Crippen molar-refractivity contribution in [1.29, 1.82) is 0 Å². The number of nitrogens with one attached hydrogen (secondary N) is 1. The molecule has 0 atom stereocenters. The van der Waals surface area contributed by atoms with Gasteiger partial charge in [-0.3, -0.25) is 4.98 Å². The van der Waals surface area contributed by atoms with Crippen LogP contribution in [0.2, 0.25) is 0 Å². The van der Waals surface area contributed by atoms with E-state index >= 15 is 0 Å². The third kappa shape index (κ3) is 1.64. The first-order valence-electron chi connectivity index (χ1n) is 4.16. The van der Waals surface area contributed by atoms with Crippen LogP contribution in [0.5, 0.6) is 0 Å². The van der Waals surface area contributed by atoms with Crippen LogP contribution in [-0.2, 0) is 0 Å². The van der Waals surface area contributed by atoms with Gasteiger partial charge in [0.25, 0.3) is 0 Å². The highest BCUT2D eigenvalue weighted by molar-refractivity contribution is 5.82. The van der Waals surface area contributed by atoms with E-state index in [0.717, 1.165) is 4.68 Å². The van der Waals surface area contributed by atoms with Crippen LogP contribution in [0, 0.1) is 0 Å².